The summed E-state index contributed by atoms with van der Waals surface area (Å²) in [5.74, 6) is -1.10. The Bertz CT molecular complexity index is 370. The van der Waals surface area contributed by atoms with Crippen LogP contribution in [0.5, 0.6) is 0 Å². The van der Waals surface area contributed by atoms with Crippen molar-refractivity contribution in [3.63, 3.8) is 0 Å². The summed E-state index contributed by atoms with van der Waals surface area (Å²) in [6.45, 7) is 2.40. The van der Waals surface area contributed by atoms with E-state index in [1.807, 2.05) is 6.92 Å². The summed E-state index contributed by atoms with van der Waals surface area (Å²) in [6.07, 6.45) is 0. The van der Waals surface area contributed by atoms with Gasteiger partial charge in [-0.15, -0.1) is 0 Å². The van der Waals surface area contributed by atoms with Crippen LogP contribution in [-0.2, 0) is 4.79 Å². The van der Waals surface area contributed by atoms with E-state index in [-0.39, 0.29) is 5.02 Å². The number of halogens is 2. The lowest BCUT2D eigenvalue weighted by Gasteiger charge is -2.14. The van der Waals surface area contributed by atoms with Crippen LogP contribution in [0.15, 0.2) is 18.2 Å². The predicted octanol–water partition coefficient (Wildman–Crippen LogP) is 1.61. The van der Waals surface area contributed by atoms with E-state index in [1.165, 1.54) is 12.1 Å². The standard InChI is InChI=1S/C10H12ClFN2O/c1-2-14-9(10(13)15)6-3-4-7(11)8(12)5-6/h3-5,9,14H,2H2,1H3,(H2,13,15). The van der Waals surface area contributed by atoms with Crippen LogP contribution in [0.2, 0.25) is 5.02 Å². The van der Waals surface area contributed by atoms with Crippen molar-refractivity contribution >= 4 is 17.5 Å². The third-order valence-corrected chi connectivity index (χ3v) is 2.28. The third-order valence-electron chi connectivity index (χ3n) is 1.97. The number of primary amides is 1. The quantitative estimate of drug-likeness (QED) is 0.826. The van der Waals surface area contributed by atoms with Gasteiger partial charge in [-0.05, 0) is 24.2 Å². The number of carbonyl (C=O) groups is 1. The van der Waals surface area contributed by atoms with Crippen LogP contribution in [0.4, 0.5) is 4.39 Å². The summed E-state index contributed by atoms with van der Waals surface area (Å²) >= 11 is 5.53. The van der Waals surface area contributed by atoms with Crippen molar-refractivity contribution in [3.8, 4) is 0 Å². The summed E-state index contributed by atoms with van der Waals surface area (Å²) in [7, 11) is 0. The fraction of sp³-hybridized carbons (Fsp3) is 0.300. The number of benzene rings is 1. The maximum atomic E-state index is 13.1. The van der Waals surface area contributed by atoms with Gasteiger partial charge in [-0.3, -0.25) is 4.79 Å². The molecule has 0 saturated heterocycles. The average Bonchev–Trinajstić information content (AvgIpc) is 2.18. The number of hydrogen-bond acceptors (Lipinski definition) is 2. The Kier molecular flexibility index (Phi) is 4.05. The second kappa shape index (κ2) is 5.09. The lowest BCUT2D eigenvalue weighted by molar-refractivity contribution is -0.120. The summed E-state index contributed by atoms with van der Waals surface area (Å²) in [4.78, 5) is 11.1. The first kappa shape index (κ1) is 11.9. The fourth-order valence-electron chi connectivity index (χ4n) is 1.28. The van der Waals surface area contributed by atoms with E-state index in [1.54, 1.807) is 6.07 Å². The normalized spacial score (nSPS) is 12.5. The van der Waals surface area contributed by atoms with E-state index in [0.717, 1.165) is 0 Å². The second-order valence-corrected chi connectivity index (χ2v) is 3.47. The zero-order valence-corrected chi connectivity index (χ0v) is 9.01. The third kappa shape index (κ3) is 2.91. The molecule has 1 rings (SSSR count). The predicted molar refractivity (Wildman–Crippen MR) is 57.0 cm³/mol. The minimum absolute atomic E-state index is 0.0264. The van der Waals surface area contributed by atoms with Crippen molar-refractivity contribution < 1.29 is 9.18 Å². The highest BCUT2D eigenvalue weighted by molar-refractivity contribution is 6.30. The zero-order chi connectivity index (χ0) is 11.4. The van der Waals surface area contributed by atoms with Crippen molar-refractivity contribution in [2.45, 2.75) is 13.0 Å². The molecular weight excluding hydrogens is 219 g/mol. The van der Waals surface area contributed by atoms with Gasteiger partial charge in [0.15, 0.2) is 0 Å². The van der Waals surface area contributed by atoms with Gasteiger partial charge in [-0.1, -0.05) is 24.6 Å². The van der Waals surface area contributed by atoms with Gasteiger partial charge >= 0.3 is 0 Å². The van der Waals surface area contributed by atoms with E-state index in [9.17, 15) is 9.18 Å². The van der Waals surface area contributed by atoms with Gasteiger partial charge in [0, 0.05) is 0 Å². The SMILES string of the molecule is CCNC(C(N)=O)c1ccc(Cl)c(F)c1. The fourth-order valence-corrected chi connectivity index (χ4v) is 1.40. The Morgan fingerprint density at radius 3 is 2.80 bits per heavy atom. The van der Waals surface area contributed by atoms with Crippen LogP contribution < -0.4 is 11.1 Å². The summed E-state index contributed by atoms with van der Waals surface area (Å²) in [6, 6.07) is 3.51. The number of likely N-dealkylation sites (N-methyl/N-ethyl adjacent to an activating group) is 1. The first-order chi connectivity index (χ1) is 7.06. The molecule has 1 atom stereocenters. The van der Waals surface area contributed by atoms with Crippen LogP contribution >= 0.6 is 11.6 Å². The van der Waals surface area contributed by atoms with Gasteiger partial charge in [0.2, 0.25) is 5.91 Å². The molecule has 3 nitrogen and oxygen atoms in total. The zero-order valence-electron chi connectivity index (χ0n) is 8.26. The van der Waals surface area contributed by atoms with E-state index in [4.69, 9.17) is 17.3 Å². The molecule has 82 valence electrons. The smallest absolute Gasteiger partial charge is 0.239 e. The topological polar surface area (TPSA) is 55.1 Å². The molecule has 0 aliphatic rings. The molecule has 1 unspecified atom stereocenters. The molecule has 0 radical (unpaired) electrons. The lowest BCUT2D eigenvalue weighted by atomic mass is 10.1. The molecule has 1 amide bonds. The number of hydrogen-bond donors (Lipinski definition) is 2. The Labute approximate surface area is 92.4 Å². The van der Waals surface area contributed by atoms with Crippen LogP contribution in [0.25, 0.3) is 0 Å². The monoisotopic (exact) mass is 230 g/mol. The Morgan fingerprint density at radius 1 is 1.67 bits per heavy atom. The van der Waals surface area contributed by atoms with Gasteiger partial charge in [0.25, 0.3) is 0 Å². The number of carbonyl (C=O) groups excluding carboxylic acids is 1. The molecule has 1 aromatic carbocycles. The van der Waals surface area contributed by atoms with Crippen molar-refractivity contribution in [3.05, 3.63) is 34.6 Å². The number of amides is 1. The minimum Gasteiger partial charge on any atom is -0.368 e. The molecule has 0 heterocycles. The largest absolute Gasteiger partial charge is 0.368 e. The average molecular weight is 231 g/mol. The maximum absolute atomic E-state index is 13.1. The summed E-state index contributed by atoms with van der Waals surface area (Å²) < 4.78 is 13.1. The van der Waals surface area contributed by atoms with E-state index in [2.05, 4.69) is 5.32 Å². The number of rotatable bonds is 4. The first-order valence-corrected chi connectivity index (χ1v) is 4.91. The molecule has 3 N–H and O–H groups in total. The van der Waals surface area contributed by atoms with E-state index in [0.29, 0.717) is 12.1 Å². The van der Waals surface area contributed by atoms with Gasteiger partial charge in [-0.2, -0.15) is 0 Å². The number of nitrogens with two attached hydrogens (primary N) is 1. The van der Waals surface area contributed by atoms with Crippen LogP contribution in [0.1, 0.15) is 18.5 Å². The number of nitrogens with one attached hydrogen (secondary N) is 1. The Hall–Kier alpha value is -1.13. The molecule has 15 heavy (non-hydrogen) atoms. The highest BCUT2D eigenvalue weighted by Crippen LogP contribution is 2.20. The maximum Gasteiger partial charge on any atom is 0.239 e. The highest BCUT2D eigenvalue weighted by Gasteiger charge is 2.17. The lowest BCUT2D eigenvalue weighted by Crippen LogP contribution is -2.33. The molecule has 0 saturated carbocycles. The first-order valence-electron chi connectivity index (χ1n) is 4.54. The molecule has 5 heteroatoms. The van der Waals surface area contributed by atoms with E-state index >= 15 is 0 Å². The molecular formula is C10H12ClFN2O. The molecule has 0 aliphatic carbocycles. The molecule has 0 fully saturated rings. The molecule has 1 aromatic rings. The van der Waals surface area contributed by atoms with Crippen molar-refractivity contribution in [1.82, 2.24) is 5.32 Å². The van der Waals surface area contributed by atoms with Gasteiger partial charge in [0.05, 0.1) is 5.02 Å². The van der Waals surface area contributed by atoms with Crippen LogP contribution in [0, 0.1) is 5.82 Å². The summed E-state index contributed by atoms with van der Waals surface area (Å²) in [5.41, 5.74) is 5.66. The Balaban J connectivity index is 3.01. The molecule has 0 aromatic heterocycles. The summed E-state index contributed by atoms with van der Waals surface area (Å²) in [5, 5.41) is 2.89. The van der Waals surface area contributed by atoms with Crippen LogP contribution in [-0.4, -0.2) is 12.5 Å². The van der Waals surface area contributed by atoms with Crippen molar-refractivity contribution in [2.24, 2.45) is 5.73 Å². The van der Waals surface area contributed by atoms with Crippen LogP contribution in [0.3, 0.4) is 0 Å². The van der Waals surface area contributed by atoms with Gasteiger partial charge < -0.3 is 11.1 Å². The molecule has 0 spiro atoms. The van der Waals surface area contributed by atoms with Crippen molar-refractivity contribution in [2.75, 3.05) is 6.54 Å². The van der Waals surface area contributed by atoms with Crippen molar-refractivity contribution in [1.29, 1.82) is 0 Å². The van der Waals surface area contributed by atoms with Gasteiger partial charge in [-0.25, -0.2) is 4.39 Å². The van der Waals surface area contributed by atoms with Gasteiger partial charge in [0.1, 0.15) is 11.9 Å². The minimum atomic E-state index is -0.679. The second-order valence-electron chi connectivity index (χ2n) is 3.07. The molecule has 0 aliphatic heterocycles. The highest BCUT2D eigenvalue weighted by atomic mass is 35.5. The Morgan fingerprint density at radius 2 is 2.33 bits per heavy atom. The van der Waals surface area contributed by atoms with E-state index < -0.39 is 17.8 Å². The molecule has 0 bridgehead atoms.